The Kier molecular flexibility index (Phi) is 6.10. The number of carbonyl (C=O) groups excluding carboxylic acids is 4. The van der Waals surface area contributed by atoms with Gasteiger partial charge in [0.05, 0.1) is 17.2 Å². The van der Waals surface area contributed by atoms with Crippen LogP contribution in [0.5, 0.6) is 5.75 Å². The van der Waals surface area contributed by atoms with Crippen molar-refractivity contribution in [3.05, 3.63) is 70.0 Å². The van der Waals surface area contributed by atoms with E-state index >= 15 is 0 Å². The summed E-state index contributed by atoms with van der Waals surface area (Å²) >= 11 is 0. The van der Waals surface area contributed by atoms with Gasteiger partial charge in [-0.05, 0) is 67.5 Å². The van der Waals surface area contributed by atoms with Crippen LogP contribution < -0.4 is 5.73 Å². The maximum atomic E-state index is 13.6. The van der Waals surface area contributed by atoms with Gasteiger partial charge in [0.2, 0.25) is 5.78 Å². The summed E-state index contributed by atoms with van der Waals surface area (Å²) in [6.07, 6.45) is -0.530. The Morgan fingerprint density at radius 2 is 1.79 bits per heavy atom. The second kappa shape index (κ2) is 9.09. The zero-order valence-corrected chi connectivity index (χ0v) is 21.2. The van der Waals surface area contributed by atoms with Gasteiger partial charge >= 0.3 is 5.97 Å². The summed E-state index contributed by atoms with van der Waals surface area (Å²) < 4.78 is 5.29. The molecule has 1 saturated carbocycles. The highest BCUT2D eigenvalue weighted by molar-refractivity contribution is 6.22. The van der Waals surface area contributed by atoms with Gasteiger partial charge in [0.15, 0.2) is 11.4 Å². The van der Waals surface area contributed by atoms with Crippen molar-refractivity contribution in [1.29, 1.82) is 0 Å². The molecule has 1 fully saturated rings. The van der Waals surface area contributed by atoms with Crippen molar-refractivity contribution >= 4 is 29.2 Å². The van der Waals surface area contributed by atoms with Crippen molar-refractivity contribution in [1.82, 2.24) is 0 Å². The lowest BCUT2D eigenvalue weighted by Crippen LogP contribution is -2.58. The average molecular weight is 534 g/mol. The van der Waals surface area contributed by atoms with Gasteiger partial charge in [-0.2, -0.15) is 0 Å². The zero-order chi connectivity index (χ0) is 28.4. The summed E-state index contributed by atoms with van der Waals surface area (Å²) in [7, 11) is 0. The Morgan fingerprint density at radius 3 is 2.46 bits per heavy atom. The molecule has 5 rings (SSSR count). The number of aliphatic hydroxyl groups is 3. The van der Waals surface area contributed by atoms with Gasteiger partial charge in [-0.1, -0.05) is 18.2 Å². The third kappa shape index (κ3) is 3.90. The number of amides is 1. The van der Waals surface area contributed by atoms with Gasteiger partial charge in [0.25, 0.3) is 5.91 Å². The molecule has 6 N–H and O–H groups in total. The predicted molar refractivity (Wildman–Crippen MR) is 137 cm³/mol. The first-order chi connectivity index (χ1) is 18.4. The quantitative estimate of drug-likeness (QED) is 0.291. The van der Waals surface area contributed by atoms with Crippen molar-refractivity contribution in [2.45, 2.75) is 44.8 Å². The van der Waals surface area contributed by atoms with E-state index in [1.54, 1.807) is 44.2 Å². The second-order valence-corrected chi connectivity index (χ2v) is 10.4. The van der Waals surface area contributed by atoms with Crippen molar-refractivity contribution in [3.63, 3.8) is 0 Å². The van der Waals surface area contributed by atoms with Crippen LogP contribution in [0.3, 0.4) is 0 Å². The molecule has 3 aliphatic rings. The second-order valence-electron chi connectivity index (χ2n) is 10.4. The van der Waals surface area contributed by atoms with Crippen molar-refractivity contribution in [2.75, 3.05) is 0 Å². The molecule has 0 radical (unpaired) electrons. The molecule has 39 heavy (non-hydrogen) atoms. The number of primary amides is 1. The number of aromatic hydroxyl groups is 1. The fourth-order valence-electron chi connectivity index (χ4n) is 5.99. The van der Waals surface area contributed by atoms with Crippen molar-refractivity contribution in [2.24, 2.45) is 17.6 Å². The lowest BCUT2D eigenvalue weighted by Gasteiger charge is -2.46. The predicted octanol–water partition coefficient (Wildman–Crippen LogP) is 2.66. The molecular formula is C29H27NO9. The highest BCUT2D eigenvalue weighted by atomic mass is 16.5. The minimum absolute atomic E-state index is 0.0187. The molecule has 10 nitrogen and oxygen atoms in total. The number of aliphatic hydroxyl groups excluding tert-OH is 2. The van der Waals surface area contributed by atoms with Crippen LogP contribution in [0.15, 0.2) is 53.3 Å². The molecule has 2 aromatic carbocycles. The van der Waals surface area contributed by atoms with Crippen LogP contribution in [0.25, 0.3) is 16.9 Å². The van der Waals surface area contributed by atoms with Gasteiger partial charge in [-0.25, -0.2) is 4.79 Å². The molecule has 0 spiro atoms. The SMILES string of the molecule is CC(C)OC(=O)c1cccc(-c2ccc(O)c3c2CC2CC4CC(=O)C(C(N)=O)=C(O)C4(O)C(=O)C2=C3O)c1. The molecule has 0 aliphatic heterocycles. The third-order valence-electron chi connectivity index (χ3n) is 7.70. The van der Waals surface area contributed by atoms with E-state index in [1.165, 1.54) is 6.07 Å². The maximum Gasteiger partial charge on any atom is 0.338 e. The Bertz CT molecular complexity index is 1530. The summed E-state index contributed by atoms with van der Waals surface area (Å²) in [6, 6.07) is 9.66. The van der Waals surface area contributed by atoms with E-state index in [-0.39, 0.29) is 35.8 Å². The molecule has 0 heterocycles. The number of nitrogens with two attached hydrogens (primary N) is 1. The number of fused-ring (bicyclic) bond motifs is 3. The molecule has 3 unspecified atom stereocenters. The molecule has 3 atom stereocenters. The molecule has 2 aromatic rings. The molecule has 3 aliphatic carbocycles. The summed E-state index contributed by atoms with van der Waals surface area (Å²) in [5, 5.41) is 44.0. The Balaban J connectivity index is 1.65. The number of Topliss-reactive ketones (excluding diaryl/α,β-unsaturated/α-hetero) is 2. The summed E-state index contributed by atoms with van der Waals surface area (Å²) in [5.41, 5.74) is 3.56. The Hall–Kier alpha value is -4.44. The van der Waals surface area contributed by atoms with Crippen LogP contribution in [0.2, 0.25) is 0 Å². The number of phenolic OH excluding ortho intramolecular Hbond substituents is 1. The van der Waals surface area contributed by atoms with Crippen LogP contribution in [-0.4, -0.2) is 55.6 Å². The molecule has 0 bridgehead atoms. The first kappa shape index (κ1) is 26.2. The largest absolute Gasteiger partial charge is 0.508 e. The summed E-state index contributed by atoms with van der Waals surface area (Å²) in [6.45, 7) is 3.48. The van der Waals surface area contributed by atoms with Crippen LogP contribution in [-0.2, 0) is 25.5 Å². The molecule has 202 valence electrons. The van der Waals surface area contributed by atoms with E-state index in [9.17, 15) is 39.6 Å². The molecule has 10 heteroatoms. The number of hydrogen-bond acceptors (Lipinski definition) is 9. The first-order valence-electron chi connectivity index (χ1n) is 12.5. The van der Waals surface area contributed by atoms with E-state index in [0.717, 1.165) is 0 Å². The number of benzene rings is 2. The molecule has 0 aromatic heterocycles. The minimum atomic E-state index is -2.62. The lowest BCUT2D eigenvalue weighted by atomic mass is 9.59. The standard InChI is InChI=1S/C29H27NO9/c1-12(2)39-28(37)14-5-3-4-13(8-14)17-6-7-19(31)22-18(17)10-15-9-16-11-20(32)23(27(30)36)26(35)29(16,38)25(34)21(15)24(22)33/h3-8,12,15-16,31,33,35,38H,9-11H2,1-2H3,(H2,30,36). The zero-order valence-electron chi connectivity index (χ0n) is 21.2. The third-order valence-corrected chi connectivity index (χ3v) is 7.70. The van der Waals surface area contributed by atoms with Crippen LogP contribution in [0.4, 0.5) is 0 Å². The van der Waals surface area contributed by atoms with Crippen molar-refractivity contribution in [3.8, 4) is 16.9 Å². The fourth-order valence-corrected chi connectivity index (χ4v) is 5.99. The number of rotatable bonds is 4. The normalized spacial score (nSPS) is 24.3. The number of ketones is 2. The number of carbonyl (C=O) groups is 4. The molecular weight excluding hydrogens is 506 g/mol. The van der Waals surface area contributed by atoms with Crippen LogP contribution in [0, 0.1) is 11.8 Å². The van der Waals surface area contributed by atoms with Crippen molar-refractivity contribution < 1.29 is 44.3 Å². The number of ether oxygens (including phenoxy) is 1. The Morgan fingerprint density at radius 1 is 1.08 bits per heavy atom. The van der Waals surface area contributed by atoms with Gasteiger partial charge in [-0.15, -0.1) is 0 Å². The fraction of sp³-hybridized carbons (Fsp3) is 0.310. The van der Waals surface area contributed by atoms with E-state index in [4.69, 9.17) is 10.5 Å². The number of phenols is 1. The Labute approximate surface area is 223 Å². The smallest absolute Gasteiger partial charge is 0.338 e. The minimum Gasteiger partial charge on any atom is -0.508 e. The van der Waals surface area contributed by atoms with E-state index < -0.39 is 64.4 Å². The van der Waals surface area contributed by atoms with Gasteiger partial charge in [0, 0.05) is 17.9 Å². The average Bonchev–Trinajstić information content (AvgIpc) is 2.86. The van der Waals surface area contributed by atoms with E-state index in [0.29, 0.717) is 22.3 Å². The van der Waals surface area contributed by atoms with Gasteiger partial charge < -0.3 is 30.9 Å². The maximum absolute atomic E-state index is 13.6. The summed E-state index contributed by atoms with van der Waals surface area (Å²) in [5.74, 6) is -7.34. The highest BCUT2D eigenvalue weighted by Gasteiger charge is 2.60. The first-order valence-corrected chi connectivity index (χ1v) is 12.5. The van der Waals surface area contributed by atoms with Gasteiger partial charge in [-0.3, -0.25) is 14.4 Å². The molecule has 0 saturated heterocycles. The van der Waals surface area contributed by atoms with E-state index in [2.05, 4.69) is 0 Å². The van der Waals surface area contributed by atoms with Crippen LogP contribution >= 0.6 is 0 Å². The summed E-state index contributed by atoms with van der Waals surface area (Å²) in [4.78, 5) is 50.4. The highest BCUT2D eigenvalue weighted by Crippen LogP contribution is 2.53. The lowest BCUT2D eigenvalue weighted by molar-refractivity contribution is -0.147. The topological polar surface area (TPSA) is 184 Å². The van der Waals surface area contributed by atoms with E-state index in [1.807, 2.05) is 0 Å². The number of hydrogen-bond donors (Lipinski definition) is 5. The van der Waals surface area contributed by atoms with Gasteiger partial charge in [0.1, 0.15) is 22.8 Å². The monoisotopic (exact) mass is 533 g/mol. The molecule has 1 amide bonds. The van der Waals surface area contributed by atoms with Crippen LogP contribution in [0.1, 0.15) is 48.2 Å². The number of esters is 1.